The number of carbonyl (C=O) groups excluding carboxylic acids is 2. The highest BCUT2D eigenvalue weighted by Gasteiger charge is 2.15. The summed E-state index contributed by atoms with van der Waals surface area (Å²) < 4.78 is 44.5. The molecule has 8 heteroatoms. The van der Waals surface area contributed by atoms with E-state index in [1.54, 1.807) is 24.3 Å². The van der Waals surface area contributed by atoms with E-state index in [9.17, 15) is 22.8 Å². The molecule has 2 amide bonds. The fourth-order valence-electron chi connectivity index (χ4n) is 2.01. The molecule has 0 aliphatic rings. The Kier molecular flexibility index (Phi) is 6.37. The molecule has 0 aliphatic carbocycles. The SMILES string of the molecule is COc1ccccc1/C=C/C(=O)NCC(=O)Nc1ccc(F)c(F)c1F. The van der Waals surface area contributed by atoms with E-state index in [1.165, 1.54) is 19.3 Å². The molecule has 2 aromatic carbocycles. The molecular weight excluding hydrogens is 349 g/mol. The predicted molar refractivity (Wildman–Crippen MR) is 90.0 cm³/mol. The van der Waals surface area contributed by atoms with Crippen LogP contribution in [0.25, 0.3) is 6.08 Å². The van der Waals surface area contributed by atoms with Crippen molar-refractivity contribution in [2.24, 2.45) is 0 Å². The summed E-state index contributed by atoms with van der Waals surface area (Å²) in [5.74, 6) is -5.36. The molecule has 26 heavy (non-hydrogen) atoms. The second-order valence-corrected chi connectivity index (χ2v) is 5.06. The Morgan fingerprint density at radius 3 is 2.54 bits per heavy atom. The van der Waals surface area contributed by atoms with Gasteiger partial charge in [-0.05, 0) is 24.3 Å². The van der Waals surface area contributed by atoms with E-state index in [4.69, 9.17) is 4.74 Å². The fourth-order valence-corrected chi connectivity index (χ4v) is 2.01. The van der Waals surface area contributed by atoms with Gasteiger partial charge in [-0.1, -0.05) is 18.2 Å². The van der Waals surface area contributed by atoms with Crippen LogP contribution in [0.15, 0.2) is 42.5 Å². The van der Waals surface area contributed by atoms with E-state index in [0.29, 0.717) is 17.4 Å². The summed E-state index contributed by atoms with van der Waals surface area (Å²) >= 11 is 0. The van der Waals surface area contributed by atoms with Crippen LogP contribution in [0.4, 0.5) is 18.9 Å². The summed E-state index contributed by atoms with van der Waals surface area (Å²) in [5, 5.41) is 4.33. The largest absolute Gasteiger partial charge is 0.496 e. The second kappa shape index (κ2) is 8.70. The van der Waals surface area contributed by atoms with Crippen LogP contribution in [-0.2, 0) is 9.59 Å². The van der Waals surface area contributed by atoms with Gasteiger partial charge < -0.3 is 15.4 Å². The molecule has 2 aromatic rings. The van der Waals surface area contributed by atoms with Gasteiger partial charge in [-0.3, -0.25) is 9.59 Å². The van der Waals surface area contributed by atoms with Gasteiger partial charge in [0.05, 0.1) is 19.3 Å². The molecule has 0 aromatic heterocycles. The zero-order valence-electron chi connectivity index (χ0n) is 13.7. The number of benzene rings is 2. The summed E-state index contributed by atoms with van der Waals surface area (Å²) in [7, 11) is 1.49. The van der Waals surface area contributed by atoms with Gasteiger partial charge in [-0.15, -0.1) is 0 Å². The van der Waals surface area contributed by atoms with Crippen molar-refractivity contribution in [3.8, 4) is 5.75 Å². The number of para-hydroxylation sites is 1. The van der Waals surface area contributed by atoms with Crippen LogP contribution in [0.2, 0.25) is 0 Å². The van der Waals surface area contributed by atoms with Crippen LogP contribution in [0.3, 0.4) is 0 Å². The number of hydrogen-bond acceptors (Lipinski definition) is 3. The Morgan fingerprint density at radius 1 is 1.08 bits per heavy atom. The van der Waals surface area contributed by atoms with Crippen LogP contribution in [-0.4, -0.2) is 25.5 Å². The van der Waals surface area contributed by atoms with Crippen LogP contribution in [0.5, 0.6) is 5.75 Å². The van der Waals surface area contributed by atoms with Gasteiger partial charge in [0.1, 0.15) is 5.75 Å². The molecule has 0 unspecified atom stereocenters. The van der Waals surface area contributed by atoms with Crippen LogP contribution < -0.4 is 15.4 Å². The van der Waals surface area contributed by atoms with Gasteiger partial charge >= 0.3 is 0 Å². The predicted octanol–water partition coefficient (Wildman–Crippen LogP) is 2.88. The third kappa shape index (κ3) is 4.85. The third-order valence-electron chi connectivity index (χ3n) is 3.29. The Hall–Kier alpha value is -3.29. The first kappa shape index (κ1) is 19.0. The van der Waals surface area contributed by atoms with Crippen molar-refractivity contribution in [3.05, 3.63) is 65.5 Å². The topological polar surface area (TPSA) is 67.4 Å². The quantitative estimate of drug-likeness (QED) is 0.612. The maximum atomic E-state index is 13.5. The minimum Gasteiger partial charge on any atom is -0.496 e. The van der Waals surface area contributed by atoms with E-state index in [2.05, 4.69) is 5.32 Å². The monoisotopic (exact) mass is 364 g/mol. The lowest BCUT2D eigenvalue weighted by molar-refractivity contribution is -0.121. The van der Waals surface area contributed by atoms with Crippen molar-refractivity contribution in [2.45, 2.75) is 0 Å². The standard InChI is InChI=1S/C18H15F3N2O3/c1-26-14-5-3-2-4-11(14)6-9-15(24)22-10-16(25)23-13-8-7-12(19)17(20)18(13)21/h2-9H,10H2,1H3,(H,22,24)(H,23,25)/b9-6+. The number of rotatable bonds is 6. The maximum absolute atomic E-state index is 13.5. The smallest absolute Gasteiger partial charge is 0.244 e. The molecule has 0 heterocycles. The van der Waals surface area contributed by atoms with Gasteiger partial charge in [0, 0.05) is 11.6 Å². The first-order chi connectivity index (χ1) is 12.4. The van der Waals surface area contributed by atoms with Crippen molar-refractivity contribution >= 4 is 23.6 Å². The van der Waals surface area contributed by atoms with Crippen LogP contribution in [0.1, 0.15) is 5.56 Å². The Morgan fingerprint density at radius 2 is 1.81 bits per heavy atom. The zero-order valence-corrected chi connectivity index (χ0v) is 13.7. The highest BCUT2D eigenvalue weighted by molar-refractivity contribution is 5.98. The molecule has 0 aliphatic heterocycles. The minimum atomic E-state index is -1.69. The Balaban J connectivity index is 1.90. The van der Waals surface area contributed by atoms with Crippen molar-refractivity contribution in [1.29, 1.82) is 0 Å². The molecule has 0 radical (unpaired) electrons. The molecule has 0 saturated carbocycles. The number of methoxy groups -OCH3 is 1. The molecule has 136 valence electrons. The number of halogens is 3. The first-order valence-electron chi connectivity index (χ1n) is 7.44. The molecule has 0 atom stereocenters. The molecule has 2 N–H and O–H groups in total. The summed E-state index contributed by atoms with van der Waals surface area (Å²) in [6.45, 7) is -0.479. The number of nitrogens with one attached hydrogen (secondary N) is 2. The van der Waals surface area contributed by atoms with Gasteiger partial charge in [-0.25, -0.2) is 13.2 Å². The van der Waals surface area contributed by atoms with E-state index in [0.717, 1.165) is 6.07 Å². The van der Waals surface area contributed by atoms with Gasteiger partial charge in [0.25, 0.3) is 0 Å². The van der Waals surface area contributed by atoms with E-state index in [1.807, 2.05) is 5.32 Å². The molecule has 0 saturated heterocycles. The number of hydrogen-bond donors (Lipinski definition) is 2. The maximum Gasteiger partial charge on any atom is 0.244 e. The number of ether oxygens (including phenoxy) is 1. The Bertz CT molecular complexity index is 854. The second-order valence-electron chi connectivity index (χ2n) is 5.06. The van der Waals surface area contributed by atoms with Gasteiger partial charge in [-0.2, -0.15) is 0 Å². The number of anilines is 1. The summed E-state index contributed by atoms with van der Waals surface area (Å²) in [5.41, 5.74) is 0.145. The average Bonchev–Trinajstić information content (AvgIpc) is 2.65. The number of carbonyl (C=O) groups is 2. The minimum absolute atomic E-state index is 0.479. The highest BCUT2D eigenvalue weighted by atomic mass is 19.2. The highest BCUT2D eigenvalue weighted by Crippen LogP contribution is 2.19. The third-order valence-corrected chi connectivity index (χ3v) is 3.29. The molecule has 0 spiro atoms. The molecule has 0 fully saturated rings. The first-order valence-corrected chi connectivity index (χ1v) is 7.44. The molecule has 0 bridgehead atoms. The summed E-state index contributed by atoms with van der Waals surface area (Å²) in [4.78, 5) is 23.4. The molecule has 2 rings (SSSR count). The van der Waals surface area contributed by atoms with Crippen molar-refractivity contribution < 1.29 is 27.5 Å². The normalized spacial score (nSPS) is 10.6. The van der Waals surface area contributed by atoms with Crippen molar-refractivity contribution in [3.63, 3.8) is 0 Å². The molecular formula is C18H15F3N2O3. The lowest BCUT2D eigenvalue weighted by Crippen LogP contribution is -2.32. The Labute approximate surface area is 147 Å². The summed E-state index contributed by atoms with van der Waals surface area (Å²) in [6, 6.07) is 8.57. The molecule has 5 nitrogen and oxygen atoms in total. The van der Waals surface area contributed by atoms with E-state index in [-0.39, 0.29) is 0 Å². The van der Waals surface area contributed by atoms with Crippen LogP contribution in [0, 0.1) is 17.5 Å². The van der Waals surface area contributed by atoms with Crippen molar-refractivity contribution in [1.82, 2.24) is 5.32 Å². The van der Waals surface area contributed by atoms with Crippen molar-refractivity contribution in [2.75, 3.05) is 19.0 Å². The average molecular weight is 364 g/mol. The number of amides is 2. The van der Waals surface area contributed by atoms with E-state index >= 15 is 0 Å². The lowest BCUT2D eigenvalue weighted by Gasteiger charge is -2.07. The fraction of sp³-hybridized carbons (Fsp3) is 0.111. The van der Waals surface area contributed by atoms with Gasteiger partial charge in [0.2, 0.25) is 11.8 Å². The zero-order chi connectivity index (χ0) is 19.1. The van der Waals surface area contributed by atoms with E-state index < -0.39 is 41.5 Å². The summed E-state index contributed by atoms with van der Waals surface area (Å²) in [6.07, 6.45) is 2.70. The lowest BCUT2D eigenvalue weighted by atomic mass is 10.2. The van der Waals surface area contributed by atoms with Gasteiger partial charge in [0.15, 0.2) is 17.5 Å². The van der Waals surface area contributed by atoms with Crippen LogP contribution >= 0.6 is 0 Å².